The zero-order chi connectivity index (χ0) is 17.8. The van der Waals surface area contributed by atoms with Crippen LogP contribution in [-0.2, 0) is 4.79 Å². The summed E-state index contributed by atoms with van der Waals surface area (Å²) in [5, 5.41) is 7.57. The van der Waals surface area contributed by atoms with Gasteiger partial charge < -0.3 is 15.1 Å². The molecule has 1 aromatic carbocycles. The zero-order valence-corrected chi connectivity index (χ0v) is 15.6. The number of furan rings is 1. The molecule has 25 heavy (non-hydrogen) atoms. The number of rotatable bonds is 5. The Hall–Kier alpha value is -2.45. The van der Waals surface area contributed by atoms with E-state index in [9.17, 15) is 9.59 Å². The number of aryl methyl sites for hydroxylation is 1. The maximum atomic E-state index is 12.1. The molecule has 3 rings (SSSR count). The molecule has 0 saturated heterocycles. The maximum absolute atomic E-state index is 12.1. The van der Waals surface area contributed by atoms with Crippen LogP contribution in [0.25, 0.3) is 10.8 Å². The van der Waals surface area contributed by atoms with Gasteiger partial charge in [-0.15, -0.1) is 11.3 Å². The molecule has 0 atom stereocenters. The predicted octanol–water partition coefficient (Wildman–Crippen LogP) is 3.84. The number of hydrogen-bond donors (Lipinski definition) is 2. The van der Waals surface area contributed by atoms with Gasteiger partial charge in [0, 0.05) is 15.5 Å². The maximum Gasteiger partial charge on any atom is 0.271 e. The molecule has 0 saturated carbocycles. The van der Waals surface area contributed by atoms with Crippen LogP contribution in [0.2, 0.25) is 0 Å². The molecule has 0 aliphatic heterocycles. The van der Waals surface area contributed by atoms with Crippen molar-refractivity contribution in [2.75, 3.05) is 11.9 Å². The summed E-state index contributed by atoms with van der Waals surface area (Å²) in [5.74, 6) is -0.107. The highest BCUT2D eigenvalue weighted by Gasteiger charge is 2.14. The van der Waals surface area contributed by atoms with Crippen LogP contribution < -0.4 is 10.6 Å². The van der Waals surface area contributed by atoms with E-state index in [2.05, 4.69) is 31.5 Å². The molecular weight excluding hydrogens is 406 g/mol. The molecule has 128 valence electrons. The summed E-state index contributed by atoms with van der Waals surface area (Å²) in [6, 6.07) is 9.07. The molecule has 2 aromatic heterocycles. The molecule has 0 spiro atoms. The van der Waals surface area contributed by atoms with Crippen LogP contribution in [0.5, 0.6) is 0 Å². The van der Waals surface area contributed by atoms with Gasteiger partial charge in [0.15, 0.2) is 10.8 Å². The van der Waals surface area contributed by atoms with Crippen LogP contribution in [0.1, 0.15) is 16.1 Å². The number of benzene rings is 1. The molecule has 6 nitrogen and oxygen atoms in total. The second-order valence-corrected chi connectivity index (χ2v) is 6.98. The van der Waals surface area contributed by atoms with E-state index in [4.69, 9.17) is 4.42 Å². The third-order valence-electron chi connectivity index (χ3n) is 3.34. The van der Waals surface area contributed by atoms with Gasteiger partial charge >= 0.3 is 0 Å². The van der Waals surface area contributed by atoms with Gasteiger partial charge in [-0.25, -0.2) is 4.98 Å². The Morgan fingerprint density at radius 3 is 2.88 bits per heavy atom. The number of halogens is 1. The first-order chi connectivity index (χ1) is 12.0. The first-order valence-electron chi connectivity index (χ1n) is 7.36. The fraction of sp³-hybridized carbons (Fsp3) is 0.118. The van der Waals surface area contributed by atoms with Crippen molar-refractivity contribution in [2.24, 2.45) is 0 Å². The quantitative estimate of drug-likeness (QED) is 0.657. The van der Waals surface area contributed by atoms with E-state index < -0.39 is 5.91 Å². The minimum atomic E-state index is -0.406. The minimum Gasteiger partial charge on any atom is -0.462 e. The summed E-state index contributed by atoms with van der Waals surface area (Å²) < 4.78 is 6.18. The minimum absolute atomic E-state index is 0.137. The first-order valence-corrected chi connectivity index (χ1v) is 9.04. The van der Waals surface area contributed by atoms with Crippen molar-refractivity contribution in [1.82, 2.24) is 10.3 Å². The topological polar surface area (TPSA) is 84.2 Å². The molecule has 0 aliphatic rings. The van der Waals surface area contributed by atoms with Gasteiger partial charge in [-0.3, -0.25) is 9.59 Å². The number of carbonyl (C=O) groups is 2. The average molecular weight is 420 g/mol. The zero-order valence-electron chi connectivity index (χ0n) is 13.2. The van der Waals surface area contributed by atoms with Gasteiger partial charge in [-0.2, -0.15) is 0 Å². The van der Waals surface area contributed by atoms with Crippen molar-refractivity contribution < 1.29 is 14.0 Å². The van der Waals surface area contributed by atoms with Gasteiger partial charge in [0.2, 0.25) is 5.91 Å². The monoisotopic (exact) mass is 419 g/mol. The lowest BCUT2D eigenvalue weighted by Gasteiger charge is -2.09. The molecule has 2 amide bonds. The van der Waals surface area contributed by atoms with Crippen molar-refractivity contribution >= 4 is 44.8 Å². The molecule has 0 radical (unpaired) electrons. The van der Waals surface area contributed by atoms with Crippen LogP contribution in [0.4, 0.5) is 5.69 Å². The Labute approximate surface area is 156 Å². The normalized spacial score (nSPS) is 10.5. The van der Waals surface area contributed by atoms with E-state index in [1.54, 1.807) is 29.8 Å². The summed E-state index contributed by atoms with van der Waals surface area (Å²) >= 11 is 4.68. The predicted molar refractivity (Wildman–Crippen MR) is 99.7 cm³/mol. The number of thiazole rings is 1. The number of carbonyl (C=O) groups excluding carboxylic acids is 2. The van der Waals surface area contributed by atoms with Crippen LogP contribution in [0.3, 0.4) is 0 Å². The van der Waals surface area contributed by atoms with Crippen LogP contribution in [-0.4, -0.2) is 23.3 Å². The fourth-order valence-corrected chi connectivity index (χ4v) is 3.35. The first kappa shape index (κ1) is 17.4. The van der Waals surface area contributed by atoms with Crippen molar-refractivity contribution in [3.63, 3.8) is 0 Å². The molecule has 3 aromatic rings. The summed E-state index contributed by atoms with van der Waals surface area (Å²) in [6.45, 7) is 1.76. The lowest BCUT2D eigenvalue weighted by molar-refractivity contribution is -0.115. The van der Waals surface area contributed by atoms with E-state index in [-0.39, 0.29) is 18.1 Å². The molecule has 8 heteroatoms. The van der Waals surface area contributed by atoms with E-state index in [0.29, 0.717) is 16.5 Å². The van der Waals surface area contributed by atoms with E-state index in [1.165, 1.54) is 11.3 Å². The van der Waals surface area contributed by atoms with Crippen LogP contribution in [0.15, 0.2) is 50.9 Å². The van der Waals surface area contributed by atoms with Crippen molar-refractivity contribution in [2.45, 2.75) is 6.92 Å². The largest absolute Gasteiger partial charge is 0.462 e. The van der Waals surface area contributed by atoms with Crippen molar-refractivity contribution in [1.29, 1.82) is 0 Å². The molecule has 0 fully saturated rings. The molecule has 0 aliphatic carbocycles. The highest BCUT2D eigenvalue weighted by molar-refractivity contribution is 9.10. The second-order valence-electron chi connectivity index (χ2n) is 5.21. The van der Waals surface area contributed by atoms with Gasteiger partial charge in [-0.1, -0.05) is 15.9 Å². The Morgan fingerprint density at radius 1 is 1.32 bits per heavy atom. The Bertz CT molecular complexity index is 906. The smallest absolute Gasteiger partial charge is 0.271 e. The number of anilines is 1. The number of aromatic nitrogens is 1. The number of nitrogens with one attached hydrogen (secondary N) is 2. The Morgan fingerprint density at radius 2 is 2.16 bits per heavy atom. The van der Waals surface area contributed by atoms with Crippen LogP contribution in [0, 0.1) is 6.92 Å². The highest BCUT2D eigenvalue weighted by atomic mass is 79.9. The summed E-state index contributed by atoms with van der Waals surface area (Å²) in [6.07, 6.45) is 1.55. The summed E-state index contributed by atoms with van der Waals surface area (Å²) in [5.41, 5.74) is 1.89. The standard InChI is InChI=1S/C17H14BrN3O3S/c1-10-7-11(18)4-5-12(10)20-15(22)8-19-16(23)13-9-25-17(21-13)14-3-2-6-24-14/h2-7,9H,8H2,1H3,(H,19,23)(H,20,22). The SMILES string of the molecule is Cc1cc(Br)ccc1NC(=O)CNC(=O)c1csc(-c2ccco2)n1. The lowest BCUT2D eigenvalue weighted by Crippen LogP contribution is -2.33. The molecule has 2 heterocycles. The third-order valence-corrected chi connectivity index (χ3v) is 4.69. The molecule has 0 unspecified atom stereocenters. The molecular formula is C17H14BrN3O3S. The summed E-state index contributed by atoms with van der Waals surface area (Å²) in [7, 11) is 0. The van der Waals surface area contributed by atoms with E-state index in [0.717, 1.165) is 10.0 Å². The molecule has 0 bridgehead atoms. The number of amides is 2. The second kappa shape index (κ2) is 7.62. The number of hydrogen-bond acceptors (Lipinski definition) is 5. The van der Waals surface area contributed by atoms with E-state index >= 15 is 0 Å². The Kier molecular flexibility index (Phi) is 5.30. The highest BCUT2D eigenvalue weighted by Crippen LogP contribution is 2.24. The van der Waals surface area contributed by atoms with Gasteiger partial charge in [-0.05, 0) is 42.8 Å². The lowest BCUT2D eigenvalue weighted by atomic mass is 10.2. The molecule has 2 N–H and O–H groups in total. The average Bonchev–Trinajstić information content (AvgIpc) is 3.26. The van der Waals surface area contributed by atoms with Crippen molar-refractivity contribution in [3.8, 4) is 10.8 Å². The van der Waals surface area contributed by atoms with E-state index in [1.807, 2.05) is 19.1 Å². The Balaban J connectivity index is 1.56. The summed E-state index contributed by atoms with van der Waals surface area (Å²) in [4.78, 5) is 28.3. The van der Waals surface area contributed by atoms with Gasteiger partial charge in [0.05, 0.1) is 12.8 Å². The fourth-order valence-electron chi connectivity index (χ4n) is 2.10. The number of nitrogens with zero attached hydrogens (tertiary/aromatic N) is 1. The van der Waals surface area contributed by atoms with Gasteiger partial charge in [0.1, 0.15) is 5.69 Å². The third kappa shape index (κ3) is 4.34. The van der Waals surface area contributed by atoms with Crippen molar-refractivity contribution in [3.05, 3.63) is 57.7 Å². The van der Waals surface area contributed by atoms with Crippen LogP contribution >= 0.6 is 27.3 Å². The van der Waals surface area contributed by atoms with Gasteiger partial charge in [0.25, 0.3) is 5.91 Å².